The molecule has 1 fully saturated rings. The van der Waals surface area contributed by atoms with Gasteiger partial charge >= 0.3 is 0 Å². The predicted molar refractivity (Wildman–Crippen MR) is 172 cm³/mol. The van der Waals surface area contributed by atoms with Gasteiger partial charge in [0.2, 0.25) is 5.95 Å². The average molecular weight is 618 g/mol. The maximum absolute atomic E-state index is 13.1. The summed E-state index contributed by atoms with van der Waals surface area (Å²) in [6, 6.07) is 15.8. The number of pyridine rings is 1. The van der Waals surface area contributed by atoms with Gasteiger partial charge in [0.25, 0.3) is 17.4 Å². The first-order chi connectivity index (χ1) is 21.3. The molecule has 13 heteroatoms. The third-order valence-electron chi connectivity index (χ3n) is 7.57. The summed E-state index contributed by atoms with van der Waals surface area (Å²) in [5.74, 6) is 5.32. The first kappa shape index (κ1) is 31.1. The van der Waals surface area contributed by atoms with Gasteiger partial charge < -0.3 is 20.5 Å². The smallest absolute Gasteiger partial charge is 0.267 e. The number of aryl methyl sites for hydroxylation is 1. The molecule has 5 rings (SSSR count). The lowest BCUT2D eigenvalue weighted by atomic mass is 10.1. The number of H-pyrrole nitrogens is 1. The summed E-state index contributed by atoms with van der Waals surface area (Å²) in [6.45, 7) is 5.99. The molecule has 230 valence electrons. The number of rotatable bonds is 11. The fraction of sp³-hybridized carbons (Fsp3) is 0.323. The highest BCUT2D eigenvalue weighted by Gasteiger charge is 2.18. The number of anilines is 2. The first-order valence-electron chi connectivity index (χ1n) is 14.5. The molecular weight excluding hydrogens is 582 g/mol. The van der Waals surface area contributed by atoms with Gasteiger partial charge in [0.05, 0.1) is 10.7 Å². The normalized spacial score (nSPS) is 14.0. The molecule has 0 spiro atoms. The van der Waals surface area contributed by atoms with E-state index in [1.54, 1.807) is 6.20 Å². The third kappa shape index (κ3) is 7.97. The van der Waals surface area contributed by atoms with Crippen LogP contribution in [0.4, 0.5) is 11.6 Å². The molecule has 0 bridgehead atoms. The van der Waals surface area contributed by atoms with E-state index in [9.17, 15) is 14.4 Å². The standard InChI is InChI=1S/C31H36ClN9O3/c1-39-14-16-40(17-15-39)13-11-34-31-35-20-23-18-24(29(43)37-27(23)38-31)28(42)36-26-19-22(9-10-25(26)32)30(44)41(33)12-5-8-21-6-3-2-4-7-21/h2-4,6-7,9-10,18-20H,5,8,11-17,33H2,1H3,(H,36,42)(H2,34,35,37,38,43). The van der Waals surface area contributed by atoms with E-state index in [1.165, 1.54) is 24.3 Å². The number of carbonyl (C=O) groups excluding carboxylic acids is 2. The molecule has 0 aliphatic carbocycles. The Morgan fingerprint density at radius 2 is 1.86 bits per heavy atom. The van der Waals surface area contributed by atoms with E-state index in [4.69, 9.17) is 17.4 Å². The van der Waals surface area contributed by atoms with Crippen molar-refractivity contribution in [2.45, 2.75) is 12.8 Å². The largest absolute Gasteiger partial charge is 0.353 e. The number of fused-ring (bicyclic) bond motifs is 1. The Morgan fingerprint density at radius 1 is 1.09 bits per heavy atom. The number of benzene rings is 2. The van der Waals surface area contributed by atoms with Crippen molar-refractivity contribution in [3.05, 3.63) is 92.9 Å². The van der Waals surface area contributed by atoms with Gasteiger partial charge in [-0.25, -0.2) is 10.8 Å². The summed E-state index contributed by atoms with van der Waals surface area (Å²) < 4.78 is 0. The van der Waals surface area contributed by atoms with Gasteiger partial charge in [-0.05, 0) is 49.7 Å². The number of amides is 2. The van der Waals surface area contributed by atoms with Gasteiger partial charge in [-0.15, -0.1) is 0 Å². The van der Waals surface area contributed by atoms with Crippen LogP contribution >= 0.6 is 11.6 Å². The van der Waals surface area contributed by atoms with Gasteiger partial charge in [0, 0.05) is 63.0 Å². The summed E-state index contributed by atoms with van der Waals surface area (Å²) in [5.41, 5.74) is 1.13. The minimum Gasteiger partial charge on any atom is -0.353 e. The summed E-state index contributed by atoms with van der Waals surface area (Å²) in [6.07, 6.45) is 3.02. The van der Waals surface area contributed by atoms with Crippen molar-refractivity contribution >= 4 is 46.1 Å². The summed E-state index contributed by atoms with van der Waals surface area (Å²) in [7, 11) is 2.12. The number of nitrogens with two attached hydrogens (primary N) is 1. The summed E-state index contributed by atoms with van der Waals surface area (Å²) in [4.78, 5) is 55.0. The van der Waals surface area contributed by atoms with Crippen LogP contribution in [0.25, 0.3) is 11.0 Å². The molecule has 1 saturated heterocycles. The summed E-state index contributed by atoms with van der Waals surface area (Å²) in [5, 5.41) is 7.67. The van der Waals surface area contributed by atoms with E-state index in [2.05, 4.69) is 42.4 Å². The third-order valence-corrected chi connectivity index (χ3v) is 7.90. The zero-order chi connectivity index (χ0) is 31.1. The number of hydrogen-bond acceptors (Lipinski definition) is 9. The van der Waals surface area contributed by atoms with Crippen molar-refractivity contribution in [1.29, 1.82) is 0 Å². The number of nitrogens with zero attached hydrogens (tertiary/aromatic N) is 5. The number of carbonyl (C=O) groups is 2. The van der Waals surface area contributed by atoms with Crippen LogP contribution < -0.4 is 22.0 Å². The lowest BCUT2D eigenvalue weighted by Gasteiger charge is -2.32. The number of likely N-dealkylation sites (N-methyl/N-ethyl adjacent to an activating group) is 1. The predicted octanol–water partition coefficient (Wildman–Crippen LogP) is 2.83. The second-order valence-electron chi connectivity index (χ2n) is 10.8. The van der Waals surface area contributed by atoms with Crippen LogP contribution in [0, 0.1) is 0 Å². The van der Waals surface area contributed by atoms with Crippen LogP contribution in [0.15, 0.2) is 65.6 Å². The fourth-order valence-corrected chi connectivity index (χ4v) is 5.12. The fourth-order valence-electron chi connectivity index (χ4n) is 4.95. The highest BCUT2D eigenvalue weighted by atomic mass is 35.5. The number of halogens is 1. The van der Waals surface area contributed by atoms with Crippen molar-refractivity contribution in [2.75, 3.05) is 63.5 Å². The maximum Gasteiger partial charge on any atom is 0.267 e. The van der Waals surface area contributed by atoms with Gasteiger partial charge in [0.15, 0.2) is 0 Å². The highest BCUT2D eigenvalue weighted by Crippen LogP contribution is 2.24. The van der Waals surface area contributed by atoms with Crippen LogP contribution in [-0.4, -0.2) is 94.4 Å². The monoisotopic (exact) mass is 617 g/mol. The van der Waals surface area contributed by atoms with Gasteiger partial charge in [-0.2, -0.15) is 4.98 Å². The van der Waals surface area contributed by atoms with Crippen LogP contribution in [0.1, 0.15) is 32.7 Å². The second kappa shape index (κ2) is 14.4. The van der Waals surface area contributed by atoms with E-state index in [0.717, 1.165) is 49.7 Å². The molecule has 5 N–H and O–H groups in total. The topological polar surface area (TPSA) is 153 Å². The molecule has 0 unspecified atom stereocenters. The molecule has 1 aliphatic heterocycles. The number of nitrogens with one attached hydrogen (secondary N) is 3. The van der Waals surface area contributed by atoms with Gasteiger partial charge in [-0.1, -0.05) is 41.9 Å². The van der Waals surface area contributed by atoms with Crippen LogP contribution in [0.5, 0.6) is 0 Å². The molecule has 0 atom stereocenters. The molecule has 44 heavy (non-hydrogen) atoms. The molecule has 3 heterocycles. The molecule has 1 aliphatic rings. The van der Waals surface area contributed by atoms with Crippen molar-refractivity contribution in [1.82, 2.24) is 29.8 Å². The van der Waals surface area contributed by atoms with Gasteiger partial charge in [-0.3, -0.25) is 24.3 Å². The van der Waals surface area contributed by atoms with Gasteiger partial charge in [0.1, 0.15) is 11.2 Å². The SMILES string of the molecule is CN1CCN(CCNc2ncc3cc(C(=O)Nc4cc(C(=O)N(N)CCCc5ccccc5)ccc4Cl)c(=O)[nH]c3n2)CC1. The number of aromatic amines is 1. The first-order valence-corrected chi connectivity index (χ1v) is 14.9. The molecule has 12 nitrogen and oxygen atoms in total. The van der Waals surface area contributed by atoms with E-state index < -0.39 is 17.4 Å². The molecule has 0 radical (unpaired) electrons. The zero-order valence-corrected chi connectivity index (χ0v) is 25.3. The van der Waals surface area contributed by atoms with E-state index in [1.807, 2.05) is 30.3 Å². The second-order valence-corrected chi connectivity index (χ2v) is 11.2. The minimum atomic E-state index is -0.693. The zero-order valence-electron chi connectivity index (χ0n) is 24.6. The Labute approximate surface area is 260 Å². The van der Waals surface area contributed by atoms with Crippen molar-refractivity contribution < 1.29 is 9.59 Å². The molecule has 2 aromatic heterocycles. The Morgan fingerprint density at radius 3 is 2.64 bits per heavy atom. The van der Waals surface area contributed by atoms with Crippen LogP contribution in [0.3, 0.4) is 0 Å². The number of aromatic nitrogens is 3. The minimum absolute atomic E-state index is 0.147. The van der Waals surface area contributed by atoms with Crippen LogP contribution in [0.2, 0.25) is 5.02 Å². The number of piperazine rings is 1. The Balaban J connectivity index is 1.20. The number of hydrazine groups is 1. The van der Waals surface area contributed by atoms with E-state index >= 15 is 0 Å². The highest BCUT2D eigenvalue weighted by molar-refractivity contribution is 6.34. The van der Waals surface area contributed by atoms with Crippen molar-refractivity contribution in [3.8, 4) is 0 Å². The van der Waals surface area contributed by atoms with E-state index in [0.29, 0.717) is 36.5 Å². The Hall–Kier alpha value is -4.36. The maximum atomic E-state index is 13.1. The molecule has 0 saturated carbocycles. The molecule has 2 aromatic carbocycles. The van der Waals surface area contributed by atoms with Crippen molar-refractivity contribution in [3.63, 3.8) is 0 Å². The lowest BCUT2D eigenvalue weighted by Crippen LogP contribution is -2.45. The van der Waals surface area contributed by atoms with Crippen molar-refractivity contribution in [2.24, 2.45) is 5.84 Å². The Kier molecular flexibility index (Phi) is 10.2. The van der Waals surface area contributed by atoms with Crippen LogP contribution in [-0.2, 0) is 6.42 Å². The molecule has 2 amide bonds. The number of hydrogen-bond donors (Lipinski definition) is 4. The van der Waals surface area contributed by atoms with E-state index in [-0.39, 0.29) is 21.8 Å². The average Bonchev–Trinajstić information content (AvgIpc) is 3.02. The lowest BCUT2D eigenvalue weighted by molar-refractivity contribution is 0.0753. The quantitative estimate of drug-likeness (QED) is 0.113. The Bertz CT molecular complexity index is 1670. The molecular formula is C31H36ClN9O3. The molecule has 4 aromatic rings. The summed E-state index contributed by atoms with van der Waals surface area (Å²) >= 11 is 6.32.